The van der Waals surface area contributed by atoms with E-state index in [9.17, 15) is 13.2 Å². The number of benzene rings is 1. The van der Waals surface area contributed by atoms with E-state index in [4.69, 9.17) is 0 Å². The lowest BCUT2D eigenvalue weighted by molar-refractivity contribution is -0.119. The van der Waals surface area contributed by atoms with Gasteiger partial charge in [0.05, 0.1) is 17.6 Å². The molecule has 9 heteroatoms. The zero-order valence-corrected chi connectivity index (χ0v) is 17.1. The minimum Gasteiger partial charge on any atom is -0.351 e. The van der Waals surface area contributed by atoms with Gasteiger partial charge in [-0.05, 0) is 37.1 Å². The molecule has 0 atom stereocenters. The van der Waals surface area contributed by atoms with Crippen LogP contribution in [0.1, 0.15) is 36.4 Å². The number of hydrogen-bond donors (Lipinski definition) is 2. The van der Waals surface area contributed by atoms with Gasteiger partial charge in [0.2, 0.25) is 5.91 Å². The van der Waals surface area contributed by atoms with Crippen molar-refractivity contribution < 1.29 is 13.2 Å². The topological polar surface area (TPSA) is 95.2 Å². The van der Waals surface area contributed by atoms with Gasteiger partial charge in [-0.2, -0.15) is 4.31 Å². The zero-order chi connectivity index (χ0) is 19.7. The number of fused-ring (bicyclic) bond motifs is 1. The standard InChI is InChI=1S/C19H22N4O3S2/c1-13(24)20-12-15-6-7-18(27-15)28(25,26)23-10-8-14(9-11-23)19-21-16-4-2-3-5-17(16)22-19/h2-7,14H,8-12H2,1H3,(H,20,24)(H,21,22). The summed E-state index contributed by atoms with van der Waals surface area (Å²) in [6, 6.07) is 11.3. The van der Waals surface area contributed by atoms with Gasteiger partial charge in [0, 0.05) is 30.8 Å². The van der Waals surface area contributed by atoms with Crippen LogP contribution >= 0.6 is 11.3 Å². The first-order valence-corrected chi connectivity index (χ1v) is 11.5. The summed E-state index contributed by atoms with van der Waals surface area (Å²) in [5.74, 6) is 1.04. The third-order valence-corrected chi connectivity index (χ3v) is 8.44. The van der Waals surface area contributed by atoms with Gasteiger partial charge in [0.15, 0.2) is 0 Å². The van der Waals surface area contributed by atoms with E-state index in [2.05, 4.69) is 15.3 Å². The number of amides is 1. The van der Waals surface area contributed by atoms with E-state index in [-0.39, 0.29) is 11.8 Å². The number of aromatic nitrogens is 2. The zero-order valence-electron chi connectivity index (χ0n) is 15.5. The number of nitrogens with zero attached hydrogens (tertiary/aromatic N) is 2. The molecular formula is C19H22N4O3S2. The molecule has 0 unspecified atom stereocenters. The van der Waals surface area contributed by atoms with Crippen molar-refractivity contribution in [1.82, 2.24) is 19.6 Å². The van der Waals surface area contributed by atoms with E-state index in [1.165, 1.54) is 18.3 Å². The number of carbonyl (C=O) groups is 1. The Morgan fingerprint density at radius 1 is 1.25 bits per heavy atom. The highest BCUT2D eigenvalue weighted by molar-refractivity contribution is 7.91. The highest BCUT2D eigenvalue weighted by Gasteiger charge is 2.32. The fourth-order valence-corrected chi connectivity index (χ4v) is 6.39. The molecule has 148 valence electrons. The summed E-state index contributed by atoms with van der Waals surface area (Å²) in [5, 5.41) is 2.69. The molecule has 1 aliphatic rings. The number of thiophene rings is 1. The van der Waals surface area contributed by atoms with Crippen molar-refractivity contribution in [2.24, 2.45) is 0 Å². The average Bonchev–Trinajstić information content (AvgIpc) is 3.34. The number of aromatic amines is 1. The number of carbonyl (C=O) groups excluding carboxylic acids is 1. The lowest BCUT2D eigenvalue weighted by Crippen LogP contribution is -2.37. The minimum atomic E-state index is -3.50. The summed E-state index contributed by atoms with van der Waals surface area (Å²) in [4.78, 5) is 19.9. The highest BCUT2D eigenvalue weighted by atomic mass is 32.2. The number of H-pyrrole nitrogens is 1. The quantitative estimate of drug-likeness (QED) is 0.666. The fourth-order valence-electron chi connectivity index (χ4n) is 3.47. The average molecular weight is 419 g/mol. The van der Waals surface area contributed by atoms with Gasteiger partial charge in [0.25, 0.3) is 10.0 Å². The Balaban J connectivity index is 1.43. The smallest absolute Gasteiger partial charge is 0.252 e. The number of para-hydroxylation sites is 2. The number of rotatable bonds is 5. The summed E-state index contributed by atoms with van der Waals surface area (Å²) in [5.41, 5.74) is 1.95. The van der Waals surface area contributed by atoms with Crippen LogP contribution in [0.2, 0.25) is 0 Å². The molecule has 4 rings (SSSR count). The van der Waals surface area contributed by atoms with Crippen molar-refractivity contribution >= 4 is 38.3 Å². The predicted octanol–water partition coefficient (Wildman–Crippen LogP) is 2.83. The molecule has 1 aromatic carbocycles. The van der Waals surface area contributed by atoms with Gasteiger partial charge >= 0.3 is 0 Å². The summed E-state index contributed by atoms with van der Waals surface area (Å²) in [6.45, 7) is 2.74. The third kappa shape index (κ3) is 3.82. The molecule has 2 N–H and O–H groups in total. The summed E-state index contributed by atoms with van der Waals surface area (Å²) >= 11 is 1.21. The normalized spacial score (nSPS) is 16.5. The second-order valence-corrected chi connectivity index (χ2v) is 10.3. The summed E-state index contributed by atoms with van der Waals surface area (Å²) in [6.07, 6.45) is 1.48. The van der Waals surface area contributed by atoms with Crippen molar-refractivity contribution in [3.63, 3.8) is 0 Å². The Kier molecular flexibility index (Phi) is 5.22. The number of sulfonamides is 1. The molecule has 7 nitrogen and oxygen atoms in total. The Bertz CT molecular complexity index is 1060. The molecule has 1 aliphatic heterocycles. The molecular weight excluding hydrogens is 396 g/mol. The molecule has 3 heterocycles. The van der Waals surface area contributed by atoms with Crippen molar-refractivity contribution in [3.05, 3.63) is 47.1 Å². The van der Waals surface area contributed by atoms with Gasteiger partial charge < -0.3 is 10.3 Å². The Morgan fingerprint density at radius 2 is 2.00 bits per heavy atom. The van der Waals surface area contributed by atoms with Crippen LogP contribution in [-0.2, 0) is 21.4 Å². The van der Waals surface area contributed by atoms with Crippen LogP contribution in [0.15, 0.2) is 40.6 Å². The third-order valence-electron chi connectivity index (χ3n) is 4.99. The molecule has 1 saturated heterocycles. The second kappa shape index (κ2) is 7.65. The van der Waals surface area contributed by atoms with E-state index in [1.807, 2.05) is 24.3 Å². The van der Waals surface area contributed by atoms with Crippen molar-refractivity contribution in [3.8, 4) is 0 Å². The number of nitrogens with one attached hydrogen (secondary N) is 2. The first kappa shape index (κ1) is 19.1. The first-order chi connectivity index (χ1) is 13.4. The monoisotopic (exact) mass is 418 g/mol. The Hall–Kier alpha value is -2.23. The maximum atomic E-state index is 12.9. The van der Waals surface area contributed by atoms with E-state index in [0.29, 0.717) is 23.8 Å². The van der Waals surface area contributed by atoms with Gasteiger partial charge in [-0.25, -0.2) is 13.4 Å². The highest BCUT2D eigenvalue weighted by Crippen LogP contribution is 2.32. The van der Waals surface area contributed by atoms with Gasteiger partial charge in [0.1, 0.15) is 10.0 Å². The molecule has 0 saturated carbocycles. The molecule has 0 radical (unpaired) electrons. The van der Waals surface area contributed by atoms with Crippen LogP contribution in [-0.4, -0.2) is 41.7 Å². The van der Waals surface area contributed by atoms with Crippen molar-refractivity contribution in [2.75, 3.05) is 13.1 Å². The van der Waals surface area contributed by atoms with E-state index >= 15 is 0 Å². The molecule has 28 heavy (non-hydrogen) atoms. The van der Waals surface area contributed by atoms with Crippen LogP contribution in [0.3, 0.4) is 0 Å². The van der Waals surface area contributed by atoms with Crippen LogP contribution in [0.5, 0.6) is 0 Å². The molecule has 0 spiro atoms. The van der Waals surface area contributed by atoms with E-state index in [1.54, 1.807) is 16.4 Å². The Morgan fingerprint density at radius 3 is 2.71 bits per heavy atom. The Labute approximate surface area is 167 Å². The maximum Gasteiger partial charge on any atom is 0.252 e. The molecule has 1 amide bonds. The molecule has 2 aromatic heterocycles. The minimum absolute atomic E-state index is 0.134. The van der Waals surface area contributed by atoms with Gasteiger partial charge in [-0.1, -0.05) is 12.1 Å². The number of hydrogen-bond acceptors (Lipinski definition) is 5. The van der Waals surface area contributed by atoms with Gasteiger partial charge in [-0.3, -0.25) is 4.79 Å². The fraction of sp³-hybridized carbons (Fsp3) is 0.368. The number of imidazole rings is 1. The molecule has 0 aliphatic carbocycles. The predicted molar refractivity (Wildman–Crippen MR) is 109 cm³/mol. The molecule has 3 aromatic rings. The maximum absolute atomic E-state index is 12.9. The summed E-state index contributed by atoms with van der Waals surface area (Å²) in [7, 11) is -3.50. The lowest BCUT2D eigenvalue weighted by Gasteiger charge is -2.29. The van der Waals surface area contributed by atoms with Crippen LogP contribution in [0.25, 0.3) is 11.0 Å². The molecule has 0 bridgehead atoms. The van der Waals surface area contributed by atoms with E-state index < -0.39 is 10.0 Å². The van der Waals surface area contributed by atoms with Crippen LogP contribution in [0.4, 0.5) is 0 Å². The number of piperidine rings is 1. The van der Waals surface area contributed by atoms with Gasteiger partial charge in [-0.15, -0.1) is 11.3 Å². The van der Waals surface area contributed by atoms with Crippen molar-refractivity contribution in [2.45, 2.75) is 36.4 Å². The van der Waals surface area contributed by atoms with E-state index in [0.717, 1.165) is 34.6 Å². The van der Waals surface area contributed by atoms with Crippen LogP contribution < -0.4 is 5.32 Å². The van der Waals surface area contributed by atoms with Crippen molar-refractivity contribution in [1.29, 1.82) is 0 Å². The molecule has 1 fully saturated rings. The largest absolute Gasteiger partial charge is 0.351 e. The second-order valence-electron chi connectivity index (χ2n) is 6.95. The van der Waals surface area contributed by atoms with Crippen LogP contribution in [0, 0.1) is 0 Å². The lowest BCUT2D eigenvalue weighted by atomic mass is 9.97. The SMILES string of the molecule is CC(=O)NCc1ccc(S(=O)(=O)N2CCC(c3nc4ccccc4[nH]3)CC2)s1. The first-order valence-electron chi connectivity index (χ1n) is 9.21. The summed E-state index contributed by atoms with van der Waals surface area (Å²) < 4.78 is 27.8.